The number of hydrogen-bond acceptors (Lipinski definition) is 6. The van der Waals surface area contributed by atoms with Gasteiger partial charge >= 0.3 is 0 Å². The Balaban J connectivity index is 1.55. The lowest BCUT2D eigenvalue weighted by Gasteiger charge is -2.41. The number of likely N-dealkylation sites (N-methyl/N-ethyl adjacent to an activating group) is 2. The predicted octanol–water partition coefficient (Wildman–Crippen LogP) is 5.26. The largest absolute Gasteiger partial charge is 0.374 e. The van der Waals surface area contributed by atoms with Crippen LogP contribution in [0.1, 0.15) is 50.0 Å². The van der Waals surface area contributed by atoms with E-state index < -0.39 is 0 Å². The fourth-order valence-electron chi connectivity index (χ4n) is 6.01. The molecule has 0 radical (unpaired) electrons. The van der Waals surface area contributed by atoms with E-state index in [2.05, 4.69) is 40.4 Å². The van der Waals surface area contributed by atoms with Crippen molar-refractivity contribution in [2.45, 2.75) is 57.7 Å². The molecule has 2 aromatic heterocycles. The minimum atomic E-state index is 0.375. The van der Waals surface area contributed by atoms with Gasteiger partial charge in [-0.05, 0) is 65.9 Å². The Labute approximate surface area is 230 Å². The van der Waals surface area contributed by atoms with Gasteiger partial charge in [-0.2, -0.15) is 0 Å². The van der Waals surface area contributed by atoms with Crippen molar-refractivity contribution in [3.05, 3.63) is 33.7 Å². The van der Waals surface area contributed by atoms with Crippen molar-refractivity contribution < 1.29 is 4.74 Å². The van der Waals surface area contributed by atoms with Crippen LogP contribution in [0.25, 0.3) is 21.9 Å². The summed E-state index contributed by atoms with van der Waals surface area (Å²) in [6.07, 6.45) is 4.66. The minimum absolute atomic E-state index is 0.375. The molecule has 5 rings (SSSR count). The van der Waals surface area contributed by atoms with Crippen LogP contribution in [0.15, 0.2) is 12.1 Å². The van der Waals surface area contributed by atoms with Gasteiger partial charge in [0.2, 0.25) is 0 Å². The minimum Gasteiger partial charge on any atom is -0.374 e. The molecule has 3 heterocycles. The average molecular weight is 548 g/mol. The Bertz CT molecular complexity index is 1230. The average Bonchev–Trinajstić information content (AvgIpc) is 3.25. The maximum Gasteiger partial charge on any atom is 0.136 e. The van der Waals surface area contributed by atoms with Crippen LogP contribution >= 0.6 is 23.2 Å². The molecular weight excluding hydrogens is 507 g/mol. The van der Waals surface area contributed by atoms with Crippen LogP contribution in [-0.4, -0.2) is 95.8 Å². The maximum atomic E-state index is 6.76. The van der Waals surface area contributed by atoms with Crippen LogP contribution < -0.4 is 0 Å². The SMILES string of the molecule is CCOCc1nc2c(C3CCC(N4CCN(C)CC4)CC3)nc3c(Cl)cc(Cl)cc3c2n1CCN(C)C. The van der Waals surface area contributed by atoms with E-state index in [1.165, 1.54) is 39.0 Å². The summed E-state index contributed by atoms with van der Waals surface area (Å²) in [6.45, 7) is 9.55. The van der Waals surface area contributed by atoms with Crippen molar-refractivity contribution in [2.75, 3.05) is 60.5 Å². The fourth-order valence-corrected chi connectivity index (χ4v) is 6.55. The zero-order valence-electron chi connectivity index (χ0n) is 22.6. The standard InChI is InChI=1S/C28H40Cl2N6O/c1-5-37-18-24-31-27-25(19-6-8-21(9-7-19)35-13-11-34(4)12-14-35)32-26-22(16-20(29)17-23(26)30)28(27)36(24)15-10-33(2)3/h16-17,19,21H,5-15,18H2,1-4H3. The smallest absolute Gasteiger partial charge is 0.136 e. The van der Waals surface area contributed by atoms with Gasteiger partial charge in [-0.25, -0.2) is 9.97 Å². The Morgan fingerprint density at radius 1 is 1.00 bits per heavy atom. The van der Waals surface area contributed by atoms with Crippen LogP contribution in [0, 0.1) is 0 Å². The second kappa shape index (κ2) is 11.7. The lowest BCUT2D eigenvalue weighted by atomic mass is 9.82. The van der Waals surface area contributed by atoms with E-state index in [0.29, 0.717) is 35.2 Å². The highest BCUT2D eigenvalue weighted by atomic mass is 35.5. The molecule has 1 aliphatic carbocycles. The maximum absolute atomic E-state index is 6.76. The molecule has 0 unspecified atom stereocenters. The zero-order valence-corrected chi connectivity index (χ0v) is 24.2. The van der Waals surface area contributed by atoms with Crippen molar-refractivity contribution in [1.29, 1.82) is 0 Å². The normalized spacial score (nSPS) is 22.0. The highest BCUT2D eigenvalue weighted by Gasteiger charge is 2.31. The topological polar surface area (TPSA) is 49.7 Å². The lowest BCUT2D eigenvalue weighted by molar-refractivity contribution is 0.0877. The van der Waals surface area contributed by atoms with Crippen molar-refractivity contribution in [3.8, 4) is 0 Å². The van der Waals surface area contributed by atoms with Gasteiger partial charge in [0.1, 0.15) is 17.9 Å². The van der Waals surface area contributed by atoms with Crippen molar-refractivity contribution >= 4 is 45.1 Å². The Morgan fingerprint density at radius 3 is 2.41 bits per heavy atom. The Hall–Kier alpha value is -1.48. The molecule has 0 atom stereocenters. The summed E-state index contributed by atoms with van der Waals surface area (Å²) < 4.78 is 8.16. The van der Waals surface area contributed by atoms with E-state index in [1.54, 1.807) is 6.07 Å². The van der Waals surface area contributed by atoms with Crippen LogP contribution in [-0.2, 0) is 17.9 Å². The molecule has 0 amide bonds. The van der Waals surface area contributed by atoms with E-state index >= 15 is 0 Å². The van der Waals surface area contributed by atoms with Crippen LogP contribution in [0.2, 0.25) is 10.0 Å². The molecule has 9 heteroatoms. The monoisotopic (exact) mass is 546 g/mol. The van der Waals surface area contributed by atoms with Crippen LogP contribution in [0.5, 0.6) is 0 Å². The molecule has 1 aromatic carbocycles. The van der Waals surface area contributed by atoms with Gasteiger partial charge in [-0.15, -0.1) is 0 Å². The van der Waals surface area contributed by atoms with E-state index in [4.69, 9.17) is 37.9 Å². The Kier molecular flexibility index (Phi) is 8.59. The van der Waals surface area contributed by atoms with Crippen LogP contribution in [0.4, 0.5) is 0 Å². The molecule has 3 aromatic rings. The third kappa shape index (κ3) is 5.77. The number of aromatic nitrogens is 3. The molecule has 1 saturated carbocycles. The molecule has 0 spiro atoms. The molecule has 2 aliphatic rings. The third-order valence-corrected chi connectivity index (χ3v) is 8.65. The molecular formula is C28H40Cl2N6O. The summed E-state index contributed by atoms with van der Waals surface area (Å²) in [4.78, 5) is 17.7. The van der Waals surface area contributed by atoms with E-state index in [1.807, 2.05) is 13.0 Å². The number of benzene rings is 1. The van der Waals surface area contributed by atoms with Gasteiger partial charge in [-0.3, -0.25) is 4.90 Å². The predicted molar refractivity (Wildman–Crippen MR) is 153 cm³/mol. The van der Waals surface area contributed by atoms with Crippen LogP contribution in [0.3, 0.4) is 0 Å². The van der Waals surface area contributed by atoms with Gasteiger partial charge in [-0.1, -0.05) is 23.2 Å². The first-order chi connectivity index (χ1) is 17.9. The first-order valence-electron chi connectivity index (χ1n) is 13.7. The lowest BCUT2D eigenvalue weighted by Crippen LogP contribution is -2.49. The van der Waals surface area contributed by atoms with E-state index in [-0.39, 0.29) is 0 Å². The third-order valence-electron chi connectivity index (χ3n) is 8.15. The molecule has 0 bridgehead atoms. The van der Waals surface area contributed by atoms with Gasteiger partial charge in [0, 0.05) is 68.2 Å². The molecule has 2 fully saturated rings. The van der Waals surface area contributed by atoms with E-state index in [9.17, 15) is 0 Å². The molecule has 1 saturated heterocycles. The van der Waals surface area contributed by atoms with Gasteiger partial charge in [0.15, 0.2) is 0 Å². The van der Waals surface area contributed by atoms with Crippen molar-refractivity contribution in [2.24, 2.45) is 0 Å². The number of fused-ring (bicyclic) bond motifs is 3. The van der Waals surface area contributed by atoms with E-state index in [0.717, 1.165) is 59.4 Å². The number of ether oxygens (including phenoxy) is 1. The highest BCUT2D eigenvalue weighted by molar-refractivity contribution is 6.39. The molecule has 37 heavy (non-hydrogen) atoms. The molecule has 7 nitrogen and oxygen atoms in total. The molecule has 0 N–H and O–H groups in total. The van der Waals surface area contributed by atoms with Gasteiger partial charge < -0.3 is 19.1 Å². The number of imidazole rings is 1. The van der Waals surface area contributed by atoms with Gasteiger partial charge in [0.25, 0.3) is 0 Å². The fraction of sp³-hybridized carbons (Fsp3) is 0.643. The van der Waals surface area contributed by atoms with Crippen molar-refractivity contribution in [1.82, 2.24) is 29.2 Å². The Morgan fingerprint density at radius 2 is 1.73 bits per heavy atom. The summed E-state index contributed by atoms with van der Waals surface area (Å²) in [6, 6.07) is 4.47. The summed E-state index contributed by atoms with van der Waals surface area (Å²) in [5, 5.41) is 2.19. The first kappa shape index (κ1) is 27.1. The number of rotatable bonds is 8. The quantitative estimate of drug-likeness (QED) is 0.384. The molecule has 202 valence electrons. The number of piperazine rings is 1. The summed E-state index contributed by atoms with van der Waals surface area (Å²) in [5.41, 5.74) is 3.98. The summed E-state index contributed by atoms with van der Waals surface area (Å²) in [5.74, 6) is 1.32. The zero-order chi connectivity index (χ0) is 26.1. The van der Waals surface area contributed by atoms with Crippen molar-refractivity contribution in [3.63, 3.8) is 0 Å². The number of hydrogen-bond donors (Lipinski definition) is 0. The second-order valence-corrected chi connectivity index (χ2v) is 11.8. The summed E-state index contributed by atoms with van der Waals surface area (Å²) in [7, 11) is 6.42. The number of pyridine rings is 1. The van der Waals surface area contributed by atoms with Gasteiger partial charge in [0.05, 0.1) is 21.7 Å². The number of halogens is 2. The highest BCUT2D eigenvalue weighted by Crippen LogP contribution is 2.41. The second-order valence-electron chi connectivity index (χ2n) is 10.9. The number of nitrogens with zero attached hydrogens (tertiary/aromatic N) is 6. The summed E-state index contributed by atoms with van der Waals surface area (Å²) >= 11 is 13.3. The molecule has 1 aliphatic heterocycles. The first-order valence-corrected chi connectivity index (χ1v) is 14.4.